The SMILES string of the molecule is CC/C=C\C/C=C\C/C=C\C/C=C\C/C=C\CCCC(=O)N[C@H]1CC[C@H](CNC(=O)c2cccnc2)CC1. The van der Waals surface area contributed by atoms with Gasteiger partial charge in [0.05, 0.1) is 5.56 Å². The summed E-state index contributed by atoms with van der Waals surface area (Å²) in [5.74, 6) is 0.561. The second-order valence-electron chi connectivity index (χ2n) is 9.84. The fourth-order valence-electron chi connectivity index (χ4n) is 4.40. The van der Waals surface area contributed by atoms with Crippen molar-refractivity contribution >= 4 is 11.8 Å². The summed E-state index contributed by atoms with van der Waals surface area (Å²) in [6.07, 6.45) is 36.7. The normalized spacial score (nSPS) is 18.3. The number of allylic oxidation sites excluding steroid dienone is 10. The topological polar surface area (TPSA) is 71.1 Å². The second kappa shape index (κ2) is 20.8. The Balaban J connectivity index is 1.44. The molecule has 2 amide bonds. The van der Waals surface area contributed by atoms with Crippen molar-refractivity contribution in [1.82, 2.24) is 15.6 Å². The molecule has 0 bridgehead atoms. The van der Waals surface area contributed by atoms with Gasteiger partial charge in [0.1, 0.15) is 0 Å². The maximum atomic E-state index is 12.3. The molecule has 0 atom stereocenters. The lowest BCUT2D eigenvalue weighted by molar-refractivity contribution is -0.122. The van der Waals surface area contributed by atoms with Gasteiger partial charge in [-0.1, -0.05) is 67.7 Å². The van der Waals surface area contributed by atoms with Crippen LogP contribution >= 0.6 is 0 Å². The molecule has 0 saturated heterocycles. The van der Waals surface area contributed by atoms with Gasteiger partial charge in [-0.25, -0.2) is 0 Å². The molecule has 206 valence electrons. The fraction of sp³-hybridized carbons (Fsp3) is 0.485. The Kier molecular flexibility index (Phi) is 17.0. The van der Waals surface area contributed by atoms with Crippen LogP contribution in [0.25, 0.3) is 0 Å². The van der Waals surface area contributed by atoms with Crippen LogP contribution in [0.5, 0.6) is 0 Å². The van der Waals surface area contributed by atoms with Crippen molar-refractivity contribution in [3.8, 4) is 0 Å². The summed E-state index contributed by atoms with van der Waals surface area (Å²) in [6, 6.07) is 3.81. The Bertz CT molecular complexity index is 923. The van der Waals surface area contributed by atoms with E-state index >= 15 is 0 Å². The maximum absolute atomic E-state index is 12.3. The first-order valence-corrected chi connectivity index (χ1v) is 14.4. The third-order valence-corrected chi connectivity index (χ3v) is 6.62. The molecular weight excluding hydrogens is 470 g/mol. The molecule has 1 aliphatic rings. The molecule has 5 nitrogen and oxygen atoms in total. The Morgan fingerprint density at radius 3 is 2.05 bits per heavy atom. The van der Waals surface area contributed by atoms with Crippen LogP contribution < -0.4 is 10.6 Å². The number of amides is 2. The molecule has 0 aliphatic heterocycles. The van der Waals surface area contributed by atoms with E-state index in [1.165, 1.54) is 0 Å². The quantitative estimate of drug-likeness (QED) is 0.167. The average molecular weight is 518 g/mol. The molecule has 0 radical (unpaired) electrons. The van der Waals surface area contributed by atoms with Gasteiger partial charge in [-0.05, 0) is 88.7 Å². The molecule has 1 aromatic heterocycles. The molecule has 5 heteroatoms. The van der Waals surface area contributed by atoms with Crippen molar-refractivity contribution < 1.29 is 9.59 Å². The fourth-order valence-corrected chi connectivity index (χ4v) is 4.40. The summed E-state index contributed by atoms with van der Waals surface area (Å²) in [4.78, 5) is 28.5. The summed E-state index contributed by atoms with van der Waals surface area (Å²) < 4.78 is 0. The van der Waals surface area contributed by atoms with E-state index in [4.69, 9.17) is 0 Å². The number of hydrogen-bond acceptors (Lipinski definition) is 3. The molecular formula is C33H47N3O2. The first-order chi connectivity index (χ1) is 18.7. The average Bonchev–Trinajstić information content (AvgIpc) is 2.94. The lowest BCUT2D eigenvalue weighted by Gasteiger charge is -2.29. The van der Waals surface area contributed by atoms with Gasteiger partial charge in [-0.15, -0.1) is 0 Å². The van der Waals surface area contributed by atoms with E-state index in [1.807, 2.05) is 0 Å². The molecule has 38 heavy (non-hydrogen) atoms. The number of unbranched alkanes of at least 4 members (excludes halogenated alkanes) is 1. The summed E-state index contributed by atoms with van der Waals surface area (Å²) in [5, 5.41) is 6.22. The summed E-state index contributed by atoms with van der Waals surface area (Å²) >= 11 is 0. The van der Waals surface area contributed by atoms with E-state index in [2.05, 4.69) is 83.3 Å². The first-order valence-electron chi connectivity index (χ1n) is 14.4. The van der Waals surface area contributed by atoms with Crippen LogP contribution in [0, 0.1) is 5.92 Å². The van der Waals surface area contributed by atoms with E-state index in [-0.39, 0.29) is 17.9 Å². The molecule has 0 spiro atoms. The van der Waals surface area contributed by atoms with Crippen LogP contribution in [0.3, 0.4) is 0 Å². The number of hydrogen-bond donors (Lipinski definition) is 2. The molecule has 1 heterocycles. The summed E-state index contributed by atoms with van der Waals surface area (Å²) in [6.45, 7) is 2.83. The van der Waals surface area contributed by atoms with Crippen LogP contribution in [0.1, 0.15) is 94.3 Å². The maximum Gasteiger partial charge on any atom is 0.252 e. The molecule has 1 aromatic rings. The number of nitrogens with one attached hydrogen (secondary N) is 2. The number of carbonyl (C=O) groups is 2. The highest BCUT2D eigenvalue weighted by atomic mass is 16.2. The third kappa shape index (κ3) is 15.1. The third-order valence-electron chi connectivity index (χ3n) is 6.62. The van der Waals surface area contributed by atoms with Crippen molar-refractivity contribution in [2.45, 2.75) is 90.0 Å². The van der Waals surface area contributed by atoms with Gasteiger partial charge in [-0.2, -0.15) is 0 Å². The van der Waals surface area contributed by atoms with Crippen molar-refractivity contribution in [3.05, 3.63) is 90.9 Å². The van der Waals surface area contributed by atoms with Crippen molar-refractivity contribution in [1.29, 1.82) is 0 Å². The minimum Gasteiger partial charge on any atom is -0.353 e. The number of carbonyl (C=O) groups excluding carboxylic acids is 2. The minimum absolute atomic E-state index is 0.0685. The van der Waals surface area contributed by atoms with Gasteiger partial charge in [-0.3, -0.25) is 14.6 Å². The molecule has 2 rings (SSSR count). The second-order valence-corrected chi connectivity index (χ2v) is 9.84. The zero-order valence-electron chi connectivity index (χ0n) is 23.2. The highest BCUT2D eigenvalue weighted by Gasteiger charge is 2.22. The molecule has 0 unspecified atom stereocenters. The monoisotopic (exact) mass is 517 g/mol. The predicted molar refractivity (Wildman–Crippen MR) is 159 cm³/mol. The Morgan fingerprint density at radius 1 is 0.868 bits per heavy atom. The zero-order chi connectivity index (χ0) is 27.1. The Morgan fingerprint density at radius 2 is 1.47 bits per heavy atom. The van der Waals surface area contributed by atoms with Gasteiger partial charge in [0.2, 0.25) is 5.91 Å². The number of pyridine rings is 1. The summed E-state index contributed by atoms with van der Waals surface area (Å²) in [5.41, 5.74) is 0.595. The van der Waals surface area contributed by atoms with Crippen LogP contribution in [-0.4, -0.2) is 29.4 Å². The lowest BCUT2D eigenvalue weighted by atomic mass is 9.86. The Hall–Kier alpha value is -3.21. The first kappa shape index (κ1) is 31.0. The van der Waals surface area contributed by atoms with E-state index in [1.54, 1.807) is 24.5 Å². The summed E-state index contributed by atoms with van der Waals surface area (Å²) in [7, 11) is 0. The van der Waals surface area contributed by atoms with E-state index in [9.17, 15) is 9.59 Å². The van der Waals surface area contributed by atoms with Gasteiger partial charge in [0.15, 0.2) is 0 Å². The van der Waals surface area contributed by atoms with Crippen molar-refractivity contribution in [2.75, 3.05) is 6.54 Å². The largest absolute Gasteiger partial charge is 0.353 e. The highest BCUT2D eigenvalue weighted by Crippen LogP contribution is 2.24. The van der Waals surface area contributed by atoms with Gasteiger partial charge >= 0.3 is 0 Å². The van der Waals surface area contributed by atoms with Crippen molar-refractivity contribution in [3.63, 3.8) is 0 Å². The van der Waals surface area contributed by atoms with Crippen molar-refractivity contribution in [2.24, 2.45) is 5.92 Å². The highest BCUT2D eigenvalue weighted by molar-refractivity contribution is 5.93. The minimum atomic E-state index is -0.0685. The van der Waals surface area contributed by atoms with Gasteiger partial charge in [0, 0.05) is 31.4 Å². The molecule has 0 aromatic carbocycles. The molecule has 1 fully saturated rings. The smallest absolute Gasteiger partial charge is 0.252 e. The van der Waals surface area contributed by atoms with Crippen LogP contribution in [-0.2, 0) is 4.79 Å². The lowest BCUT2D eigenvalue weighted by Crippen LogP contribution is -2.39. The van der Waals surface area contributed by atoms with Gasteiger partial charge < -0.3 is 10.6 Å². The zero-order valence-corrected chi connectivity index (χ0v) is 23.2. The predicted octanol–water partition coefficient (Wildman–Crippen LogP) is 7.41. The van der Waals surface area contributed by atoms with Crippen LogP contribution in [0.15, 0.2) is 85.3 Å². The molecule has 2 N–H and O–H groups in total. The van der Waals surface area contributed by atoms with Crippen LogP contribution in [0.4, 0.5) is 0 Å². The van der Waals surface area contributed by atoms with Gasteiger partial charge in [0.25, 0.3) is 5.91 Å². The Labute approximate surface area is 230 Å². The van der Waals surface area contributed by atoms with E-state index in [0.29, 0.717) is 24.4 Å². The van der Waals surface area contributed by atoms with Crippen LogP contribution in [0.2, 0.25) is 0 Å². The van der Waals surface area contributed by atoms with E-state index in [0.717, 1.165) is 70.6 Å². The molecule has 1 aliphatic carbocycles. The number of aromatic nitrogens is 1. The standard InChI is InChI=1S/C33H47N3O2/c1-2-3-4-5-6-7-8-9-10-11-12-13-14-15-16-17-18-21-32(37)36-31-24-22-29(23-25-31)27-35-33(38)30-20-19-26-34-28-30/h3-4,6-7,9-10,12-13,15-16,19-20,26,28-29,31H,2,5,8,11,14,17-18,21-25,27H2,1H3,(H,35,38)(H,36,37)/b4-3-,7-6-,10-9-,13-12-,16-15-/t29-,31-. The number of rotatable bonds is 17. The van der Waals surface area contributed by atoms with E-state index < -0.39 is 0 Å². The molecule has 1 saturated carbocycles. The number of nitrogens with zero attached hydrogens (tertiary/aromatic N) is 1.